The smallest absolute Gasteiger partial charge is 0.295 e. The minimum atomic E-state index is -0.878. The summed E-state index contributed by atoms with van der Waals surface area (Å²) >= 11 is 0. The van der Waals surface area contributed by atoms with Crippen molar-refractivity contribution in [1.29, 1.82) is 0 Å². The van der Waals surface area contributed by atoms with Crippen molar-refractivity contribution in [1.82, 2.24) is 4.90 Å². The lowest BCUT2D eigenvalue weighted by Crippen LogP contribution is -3.05. The van der Waals surface area contributed by atoms with Gasteiger partial charge in [-0.3, -0.25) is 9.59 Å². The molecule has 0 aromatic heterocycles. The van der Waals surface area contributed by atoms with Crippen molar-refractivity contribution in [2.75, 3.05) is 48.5 Å². The fourth-order valence-corrected chi connectivity index (χ4v) is 4.33. The van der Waals surface area contributed by atoms with E-state index in [1.807, 2.05) is 21.0 Å². The number of para-hydroxylation sites is 1. The molecule has 0 spiro atoms. The highest BCUT2D eigenvalue weighted by molar-refractivity contribution is 6.46. The Morgan fingerprint density at radius 1 is 1.03 bits per heavy atom. The summed E-state index contributed by atoms with van der Waals surface area (Å²) in [6.07, 6.45) is 0.674. The molecule has 1 amide bonds. The van der Waals surface area contributed by atoms with Crippen LogP contribution < -0.4 is 24.2 Å². The highest BCUT2D eigenvalue weighted by Crippen LogP contribution is 2.45. The molecule has 0 bridgehead atoms. The van der Waals surface area contributed by atoms with E-state index in [1.165, 1.54) is 24.0 Å². The minimum Gasteiger partial charge on any atom is -0.872 e. The highest BCUT2D eigenvalue weighted by atomic mass is 16.5. The third-order valence-electron chi connectivity index (χ3n) is 5.99. The normalized spacial score (nSPS) is 17.4. The number of carbonyl (C=O) groups is 2. The maximum Gasteiger partial charge on any atom is 0.295 e. The van der Waals surface area contributed by atoms with Crippen LogP contribution in [0.1, 0.15) is 29.2 Å². The first-order valence-electron chi connectivity index (χ1n) is 11.2. The first-order valence-corrected chi connectivity index (χ1v) is 11.2. The van der Waals surface area contributed by atoms with E-state index in [1.54, 1.807) is 43.5 Å². The lowest BCUT2D eigenvalue weighted by molar-refractivity contribution is -0.858. The quantitative estimate of drug-likeness (QED) is 0.332. The Morgan fingerprint density at radius 2 is 1.74 bits per heavy atom. The lowest BCUT2D eigenvalue weighted by atomic mass is 9.94. The zero-order valence-electron chi connectivity index (χ0n) is 20.6. The number of methoxy groups -OCH3 is 3. The molecule has 3 rings (SSSR count). The number of nitrogens with zero attached hydrogens (tertiary/aromatic N) is 1. The van der Waals surface area contributed by atoms with Gasteiger partial charge in [0.2, 0.25) is 5.78 Å². The van der Waals surface area contributed by atoms with Crippen molar-refractivity contribution >= 4 is 17.4 Å². The fourth-order valence-electron chi connectivity index (χ4n) is 4.33. The average molecular weight is 469 g/mol. The van der Waals surface area contributed by atoms with Crippen LogP contribution in [0.25, 0.3) is 5.76 Å². The van der Waals surface area contributed by atoms with Gasteiger partial charge in [-0.05, 0) is 36.2 Å². The van der Waals surface area contributed by atoms with Crippen molar-refractivity contribution in [3.05, 3.63) is 58.7 Å². The molecule has 1 aliphatic rings. The number of likely N-dealkylation sites (tertiary alicyclic amines) is 1. The van der Waals surface area contributed by atoms with Crippen molar-refractivity contribution < 1.29 is 33.8 Å². The lowest BCUT2D eigenvalue weighted by Gasteiger charge is -2.29. The van der Waals surface area contributed by atoms with Gasteiger partial charge in [-0.2, -0.15) is 0 Å². The maximum atomic E-state index is 13.7. The van der Waals surface area contributed by atoms with Crippen LogP contribution in [0.4, 0.5) is 0 Å². The summed E-state index contributed by atoms with van der Waals surface area (Å²) in [5.74, 6) is -0.481. The van der Waals surface area contributed by atoms with Gasteiger partial charge >= 0.3 is 0 Å². The number of nitrogens with one attached hydrogen (secondary N) is 1. The number of amides is 1. The first-order chi connectivity index (χ1) is 16.2. The van der Waals surface area contributed by atoms with E-state index < -0.39 is 23.5 Å². The molecule has 2 aromatic carbocycles. The van der Waals surface area contributed by atoms with Crippen LogP contribution in [0.15, 0.2) is 42.0 Å². The van der Waals surface area contributed by atoms with Crippen LogP contribution in [0, 0.1) is 6.92 Å². The van der Waals surface area contributed by atoms with Crippen LogP contribution in [0.5, 0.6) is 17.2 Å². The standard InChI is InChI=1S/C26H32N2O6/c1-16-15-17(11-12-19(16)32-4)23(29)21-22(18-9-7-10-20(33-5)25(18)34-6)28(26(31)24(21)30)14-8-13-27(2)3/h7,9-12,15,22,29H,8,13-14H2,1-6H3/b23-21+. The van der Waals surface area contributed by atoms with E-state index in [-0.39, 0.29) is 5.57 Å². The van der Waals surface area contributed by atoms with Gasteiger partial charge in [-0.1, -0.05) is 24.0 Å². The Hall–Kier alpha value is -3.52. The van der Waals surface area contributed by atoms with E-state index in [9.17, 15) is 14.7 Å². The number of ketones is 1. The van der Waals surface area contributed by atoms with E-state index >= 15 is 0 Å². The summed E-state index contributed by atoms with van der Waals surface area (Å²) in [7, 11) is 8.60. The molecule has 1 saturated heterocycles. The summed E-state index contributed by atoms with van der Waals surface area (Å²) in [5, 5.41) is 13.7. The largest absolute Gasteiger partial charge is 0.872 e. The summed E-state index contributed by atoms with van der Waals surface area (Å²) < 4.78 is 16.3. The Morgan fingerprint density at radius 3 is 2.32 bits per heavy atom. The third-order valence-corrected chi connectivity index (χ3v) is 5.99. The molecule has 182 valence electrons. The van der Waals surface area contributed by atoms with Gasteiger partial charge in [-0.15, -0.1) is 0 Å². The molecule has 8 heteroatoms. The molecule has 1 unspecified atom stereocenters. The minimum absolute atomic E-state index is 0.0849. The highest BCUT2D eigenvalue weighted by Gasteiger charge is 2.45. The van der Waals surface area contributed by atoms with Crippen molar-refractivity contribution in [2.45, 2.75) is 19.4 Å². The molecular formula is C26H32N2O6. The molecule has 1 atom stereocenters. The number of hydrogen-bond acceptors (Lipinski definition) is 6. The Bertz CT molecular complexity index is 1110. The predicted molar refractivity (Wildman–Crippen MR) is 126 cm³/mol. The van der Waals surface area contributed by atoms with E-state index in [2.05, 4.69) is 0 Å². The molecule has 8 nitrogen and oxygen atoms in total. The second-order valence-electron chi connectivity index (χ2n) is 8.55. The summed E-state index contributed by atoms with van der Waals surface area (Å²) in [6, 6.07) is 9.33. The van der Waals surface area contributed by atoms with Crippen LogP contribution in [-0.4, -0.2) is 65.1 Å². The summed E-state index contributed by atoms with van der Waals surface area (Å²) in [6.45, 7) is 2.96. The Kier molecular flexibility index (Phi) is 7.83. The fraction of sp³-hybridized carbons (Fsp3) is 0.385. The van der Waals surface area contributed by atoms with E-state index in [4.69, 9.17) is 14.2 Å². The zero-order valence-corrected chi connectivity index (χ0v) is 20.6. The van der Waals surface area contributed by atoms with E-state index in [0.717, 1.165) is 12.1 Å². The summed E-state index contributed by atoms with van der Waals surface area (Å²) in [5.41, 5.74) is 1.53. The van der Waals surface area contributed by atoms with Crippen LogP contribution in [0.3, 0.4) is 0 Å². The van der Waals surface area contributed by atoms with Crippen molar-refractivity contribution in [2.24, 2.45) is 0 Å². The maximum absolute atomic E-state index is 13.7. The SMILES string of the molecule is COc1ccc(/C([O-])=C2\C(=O)C(=O)N(CCC[NH+](C)C)C2c2cccc(OC)c2OC)cc1C. The first kappa shape index (κ1) is 25.1. The van der Waals surface area contributed by atoms with Crippen molar-refractivity contribution in [3.8, 4) is 17.2 Å². The molecule has 1 heterocycles. The second kappa shape index (κ2) is 10.6. The number of carbonyl (C=O) groups excluding carboxylic acids is 2. The molecular weight excluding hydrogens is 436 g/mol. The molecule has 1 fully saturated rings. The van der Waals surface area contributed by atoms with Crippen LogP contribution in [0.2, 0.25) is 0 Å². The number of benzene rings is 2. The Labute approximate surface area is 200 Å². The number of ether oxygens (including phenoxy) is 3. The van der Waals surface area contributed by atoms with Gasteiger partial charge in [0.15, 0.2) is 11.5 Å². The molecule has 1 aliphatic heterocycles. The predicted octanol–water partition coefficient (Wildman–Crippen LogP) is 0.779. The number of Topliss-reactive ketones (excluding diaryl/α,β-unsaturated/α-hetero) is 1. The van der Waals surface area contributed by atoms with Gasteiger partial charge in [-0.25, -0.2) is 0 Å². The molecule has 2 aromatic rings. The summed E-state index contributed by atoms with van der Waals surface area (Å²) in [4.78, 5) is 29.1. The topological polar surface area (TPSA) is 92.6 Å². The molecule has 1 N–H and O–H groups in total. The molecule has 0 aliphatic carbocycles. The van der Waals surface area contributed by atoms with Crippen LogP contribution in [-0.2, 0) is 9.59 Å². The number of aryl methyl sites for hydroxylation is 1. The van der Waals surface area contributed by atoms with Gasteiger partial charge in [0.25, 0.3) is 5.91 Å². The van der Waals surface area contributed by atoms with Crippen molar-refractivity contribution in [3.63, 3.8) is 0 Å². The van der Waals surface area contributed by atoms with Gasteiger partial charge in [0.1, 0.15) is 5.75 Å². The Balaban J connectivity index is 2.21. The molecule has 34 heavy (non-hydrogen) atoms. The third kappa shape index (κ3) is 4.72. The zero-order chi connectivity index (χ0) is 25.0. The van der Waals surface area contributed by atoms with Gasteiger partial charge in [0, 0.05) is 24.1 Å². The number of rotatable bonds is 9. The number of hydrogen-bond donors (Lipinski definition) is 1. The monoisotopic (exact) mass is 468 g/mol. The number of quaternary nitrogens is 1. The van der Waals surface area contributed by atoms with Crippen LogP contribution >= 0.6 is 0 Å². The second-order valence-corrected chi connectivity index (χ2v) is 8.55. The van der Waals surface area contributed by atoms with Gasteiger partial charge < -0.3 is 29.1 Å². The molecule has 0 radical (unpaired) electrons. The molecule has 0 saturated carbocycles. The average Bonchev–Trinajstić information content (AvgIpc) is 3.07. The van der Waals surface area contributed by atoms with E-state index in [0.29, 0.717) is 41.3 Å². The van der Waals surface area contributed by atoms with Gasteiger partial charge in [0.05, 0.1) is 48.0 Å².